The fourth-order valence-corrected chi connectivity index (χ4v) is 3.40. The Balaban J connectivity index is 1.72. The van der Waals surface area contributed by atoms with Gasteiger partial charge in [0.2, 0.25) is 11.8 Å². The fourth-order valence-electron chi connectivity index (χ4n) is 2.57. The van der Waals surface area contributed by atoms with E-state index < -0.39 is 0 Å². The van der Waals surface area contributed by atoms with Crippen LogP contribution in [0.25, 0.3) is 0 Å². The fraction of sp³-hybridized carbons (Fsp3) is 0.600. The van der Waals surface area contributed by atoms with E-state index >= 15 is 0 Å². The summed E-state index contributed by atoms with van der Waals surface area (Å²) in [6.45, 7) is 4.52. The molecule has 0 aliphatic carbocycles. The van der Waals surface area contributed by atoms with Crippen LogP contribution in [-0.2, 0) is 16.1 Å². The van der Waals surface area contributed by atoms with Crippen molar-refractivity contribution in [2.45, 2.75) is 19.9 Å². The van der Waals surface area contributed by atoms with Gasteiger partial charge in [-0.1, -0.05) is 0 Å². The lowest BCUT2D eigenvalue weighted by atomic mass is 10.1. The summed E-state index contributed by atoms with van der Waals surface area (Å²) in [6, 6.07) is 4.10. The number of hydrogen-bond donors (Lipinski definition) is 1. The molecule has 2 rings (SSSR count). The molecule has 5 nitrogen and oxygen atoms in total. The third-order valence-electron chi connectivity index (χ3n) is 3.69. The van der Waals surface area contributed by atoms with Crippen LogP contribution < -0.4 is 5.32 Å². The predicted octanol–water partition coefficient (Wildman–Crippen LogP) is 1.08. The Labute approximate surface area is 129 Å². The highest BCUT2D eigenvalue weighted by atomic mass is 32.1. The largest absolute Gasteiger partial charge is 0.350 e. The summed E-state index contributed by atoms with van der Waals surface area (Å²) in [4.78, 5) is 29.9. The molecule has 1 aliphatic heterocycles. The number of nitrogens with zero attached hydrogens (tertiary/aromatic N) is 2. The zero-order chi connectivity index (χ0) is 15.4. The Kier molecular flexibility index (Phi) is 5.36. The topological polar surface area (TPSA) is 52.7 Å². The first-order valence-corrected chi connectivity index (χ1v) is 8.03. The van der Waals surface area contributed by atoms with Gasteiger partial charge in [0, 0.05) is 30.4 Å². The van der Waals surface area contributed by atoms with Crippen molar-refractivity contribution in [3.05, 3.63) is 21.9 Å². The van der Waals surface area contributed by atoms with Gasteiger partial charge in [-0.3, -0.25) is 14.5 Å². The molecule has 1 atom stereocenters. The van der Waals surface area contributed by atoms with Crippen molar-refractivity contribution in [1.29, 1.82) is 0 Å². The van der Waals surface area contributed by atoms with Crippen molar-refractivity contribution in [1.82, 2.24) is 15.1 Å². The summed E-state index contributed by atoms with van der Waals surface area (Å²) < 4.78 is 0. The number of likely N-dealkylation sites (tertiary alicyclic amines) is 1. The van der Waals surface area contributed by atoms with Crippen molar-refractivity contribution < 1.29 is 9.59 Å². The molecule has 0 unspecified atom stereocenters. The first-order valence-electron chi connectivity index (χ1n) is 7.21. The van der Waals surface area contributed by atoms with Gasteiger partial charge in [-0.05, 0) is 32.0 Å². The van der Waals surface area contributed by atoms with Crippen LogP contribution in [0.4, 0.5) is 0 Å². The lowest BCUT2D eigenvalue weighted by molar-refractivity contribution is -0.132. The summed E-state index contributed by atoms with van der Waals surface area (Å²) in [6.07, 6.45) is 0.842. The first-order chi connectivity index (χ1) is 9.95. The highest BCUT2D eigenvalue weighted by Gasteiger charge is 2.29. The number of nitrogens with one attached hydrogen (secondary N) is 1. The lowest BCUT2D eigenvalue weighted by Gasteiger charge is -2.17. The third-order valence-corrected chi connectivity index (χ3v) is 4.69. The monoisotopic (exact) mass is 309 g/mol. The molecule has 1 fully saturated rings. The summed E-state index contributed by atoms with van der Waals surface area (Å²) in [7, 11) is 3.56. The number of thiophene rings is 1. The minimum atomic E-state index is 0.0269. The van der Waals surface area contributed by atoms with Gasteiger partial charge in [-0.15, -0.1) is 11.3 Å². The van der Waals surface area contributed by atoms with E-state index in [0.717, 1.165) is 13.0 Å². The molecule has 0 saturated carbocycles. The lowest BCUT2D eigenvalue weighted by Crippen LogP contribution is -2.37. The zero-order valence-corrected chi connectivity index (χ0v) is 13.7. The van der Waals surface area contributed by atoms with Crippen LogP contribution in [-0.4, -0.2) is 55.3 Å². The van der Waals surface area contributed by atoms with Gasteiger partial charge < -0.3 is 10.2 Å². The second-order valence-electron chi connectivity index (χ2n) is 5.74. The van der Waals surface area contributed by atoms with E-state index in [2.05, 4.69) is 23.2 Å². The summed E-state index contributed by atoms with van der Waals surface area (Å²) in [5, 5.41) is 2.94. The van der Waals surface area contributed by atoms with Crippen LogP contribution in [0.15, 0.2) is 12.1 Å². The average Bonchev–Trinajstić information content (AvgIpc) is 3.04. The molecule has 116 valence electrons. The SMILES string of the molecule is Cc1ccc(CNC(=O)CN2CC[C@H](C(=O)N(C)C)C2)s1. The number of aryl methyl sites for hydroxylation is 1. The maximum Gasteiger partial charge on any atom is 0.234 e. The summed E-state index contributed by atoms with van der Waals surface area (Å²) in [5.41, 5.74) is 0. The van der Waals surface area contributed by atoms with Crippen molar-refractivity contribution >= 4 is 23.2 Å². The van der Waals surface area contributed by atoms with Crippen LogP contribution in [0.1, 0.15) is 16.2 Å². The molecule has 0 radical (unpaired) electrons. The molecule has 0 spiro atoms. The quantitative estimate of drug-likeness (QED) is 0.885. The summed E-state index contributed by atoms with van der Waals surface area (Å²) >= 11 is 1.70. The van der Waals surface area contributed by atoms with Crippen LogP contribution in [0.2, 0.25) is 0 Å². The molecular formula is C15H23N3O2S. The Morgan fingerprint density at radius 1 is 1.43 bits per heavy atom. The molecule has 1 aromatic rings. The molecule has 1 N–H and O–H groups in total. The predicted molar refractivity (Wildman–Crippen MR) is 84.1 cm³/mol. The van der Waals surface area contributed by atoms with E-state index in [4.69, 9.17) is 0 Å². The van der Waals surface area contributed by atoms with Gasteiger partial charge in [-0.2, -0.15) is 0 Å². The Hall–Kier alpha value is -1.40. The second kappa shape index (κ2) is 7.04. The van der Waals surface area contributed by atoms with Crippen LogP contribution in [0.5, 0.6) is 0 Å². The molecular weight excluding hydrogens is 286 g/mol. The Morgan fingerprint density at radius 3 is 2.81 bits per heavy atom. The van der Waals surface area contributed by atoms with Crippen LogP contribution in [0, 0.1) is 12.8 Å². The molecule has 2 heterocycles. The standard InChI is InChI=1S/C15H23N3O2S/c1-11-4-5-13(21-11)8-16-14(19)10-18-7-6-12(9-18)15(20)17(2)3/h4-5,12H,6-10H2,1-3H3,(H,16,19)/t12-/m0/s1. The van der Waals surface area contributed by atoms with Crippen molar-refractivity contribution in [3.8, 4) is 0 Å². The Morgan fingerprint density at radius 2 is 2.19 bits per heavy atom. The molecule has 6 heteroatoms. The van der Waals surface area contributed by atoms with Crippen molar-refractivity contribution in [2.24, 2.45) is 5.92 Å². The Bertz CT molecular complexity index is 513. The molecule has 0 aromatic carbocycles. The molecule has 1 saturated heterocycles. The highest BCUT2D eigenvalue weighted by Crippen LogP contribution is 2.18. The number of carbonyl (C=O) groups excluding carboxylic acids is 2. The van der Waals surface area contributed by atoms with Gasteiger partial charge in [0.1, 0.15) is 0 Å². The van der Waals surface area contributed by atoms with E-state index in [1.807, 2.05) is 6.07 Å². The molecule has 2 amide bonds. The van der Waals surface area contributed by atoms with E-state index in [-0.39, 0.29) is 17.7 Å². The van der Waals surface area contributed by atoms with Gasteiger partial charge >= 0.3 is 0 Å². The second-order valence-corrected chi connectivity index (χ2v) is 7.11. The summed E-state index contributed by atoms with van der Waals surface area (Å²) in [5.74, 6) is 0.221. The number of rotatable bonds is 5. The minimum Gasteiger partial charge on any atom is -0.350 e. The number of carbonyl (C=O) groups is 2. The maximum absolute atomic E-state index is 11.9. The molecule has 1 aliphatic rings. The van der Waals surface area contributed by atoms with Crippen LogP contribution >= 0.6 is 11.3 Å². The molecule has 0 bridgehead atoms. The van der Waals surface area contributed by atoms with Gasteiger partial charge in [0.15, 0.2) is 0 Å². The van der Waals surface area contributed by atoms with Gasteiger partial charge in [-0.25, -0.2) is 0 Å². The first kappa shape index (κ1) is 16.0. The van der Waals surface area contributed by atoms with Crippen molar-refractivity contribution in [3.63, 3.8) is 0 Å². The van der Waals surface area contributed by atoms with E-state index in [1.54, 1.807) is 30.3 Å². The van der Waals surface area contributed by atoms with E-state index in [1.165, 1.54) is 9.75 Å². The number of amides is 2. The smallest absolute Gasteiger partial charge is 0.234 e. The number of hydrogen-bond acceptors (Lipinski definition) is 4. The normalized spacial score (nSPS) is 18.7. The third kappa shape index (κ3) is 4.54. The zero-order valence-electron chi connectivity index (χ0n) is 12.9. The molecule has 1 aromatic heterocycles. The maximum atomic E-state index is 11.9. The van der Waals surface area contributed by atoms with Crippen LogP contribution in [0.3, 0.4) is 0 Å². The average molecular weight is 309 g/mol. The van der Waals surface area contributed by atoms with E-state index in [9.17, 15) is 9.59 Å². The van der Waals surface area contributed by atoms with Crippen molar-refractivity contribution in [2.75, 3.05) is 33.7 Å². The van der Waals surface area contributed by atoms with Gasteiger partial charge in [0.25, 0.3) is 0 Å². The van der Waals surface area contributed by atoms with Gasteiger partial charge in [0.05, 0.1) is 19.0 Å². The van der Waals surface area contributed by atoms with E-state index in [0.29, 0.717) is 19.6 Å². The highest BCUT2D eigenvalue weighted by molar-refractivity contribution is 7.11. The minimum absolute atomic E-state index is 0.0269. The molecule has 21 heavy (non-hydrogen) atoms.